The summed E-state index contributed by atoms with van der Waals surface area (Å²) in [6, 6.07) is -1.87. The number of barbiturate groups is 1. The molecule has 300 valence electrons. The Morgan fingerprint density at radius 3 is 2.07 bits per heavy atom. The van der Waals surface area contributed by atoms with Crippen LogP contribution in [0.3, 0.4) is 0 Å². The van der Waals surface area contributed by atoms with Gasteiger partial charge in [-0.3, -0.25) is 39.3 Å². The zero-order valence-electron chi connectivity index (χ0n) is 30.0. The Morgan fingerprint density at radius 1 is 0.891 bits per heavy atom. The van der Waals surface area contributed by atoms with Crippen LogP contribution in [0.5, 0.6) is 0 Å². The van der Waals surface area contributed by atoms with Crippen molar-refractivity contribution < 1.29 is 63.4 Å². The molecule has 1 aromatic carbocycles. The first kappa shape index (κ1) is 43.3. The minimum atomic E-state index is -1.94. The number of carboxylic acids is 3. The summed E-state index contributed by atoms with van der Waals surface area (Å²) in [6.07, 6.45) is 0.152. The number of ether oxygens (including phenoxy) is 2. The van der Waals surface area contributed by atoms with Crippen LogP contribution in [0.4, 0.5) is 21.9 Å². The van der Waals surface area contributed by atoms with E-state index in [1.807, 2.05) is 0 Å². The summed E-state index contributed by atoms with van der Waals surface area (Å²) in [5, 5.41) is 61.9. The van der Waals surface area contributed by atoms with Crippen LogP contribution in [-0.2, 0) is 46.6 Å². The normalized spacial score (nSPS) is 15.1. The molecule has 0 radical (unpaired) electrons. The van der Waals surface area contributed by atoms with Gasteiger partial charge in [-0.1, -0.05) is 19.1 Å². The van der Waals surface area contributed by atoms with Crippen LogP contribution in [0.2, 0.25) is 0 Å². The van der Waals surface area contributed by atoms with Crippen molar-refractivity contribution in [3.8, 4) is 0 Å². The first-order chi connectivity index (χ1) is 26.1. The van der Waals surface area contributed by atoms with Crippen LogP contribution in [0, 0.1) is 25.6 Å². The van der Waals surface area contributed by atoms with Crippen molar-refractivity contribution in [2.75, 3.05) is 31.7 Å². The minimum Gasteiger partial charge on any atom is -0.481 e. The largest absolute Gasteiger partial charge is 0.481 e. The summed E-state index contributed by atoms with van der Waals surface area (Å²) in [5.41, 5.74) is -2.20. The third-order valence-corrected chi connectivity index (χ3v) is 8.97. The Hall–Kier alpha value is -6.10. The van der Waals surface area contributed by atoms with Gasteiger partial charge < -0.3 is 30.1 Å². The molecule has 3 rings (SSSR count). The molecule has 0 saturated carbocycles. The number of nitro groups is 2. The zero-order chi connectivity index (χ0) is 40.9. The molecule has 1 aromatic heterocycles. The molecule has 23 nitrogen and oxygen atoms in total. The van der Waals surface area contributed by atoms with Crippen LogP contribution in [0.1, 0.15) is 64.5 Å². The number of unbranched alkanes of at least 4 members (excludes halogenated alkanes) is 1. The van der Waals surface area contributed by atoms with Crippen molar-refractivity contribution in [2.24, 2.45) is 5.41 Å². The molecule has 4 N–H and O–H groups in total. The summed E-state index contributed by atoms with van der Waals surface area (Å²) >= 11 is 0. The number of urea groups is 1. The fourth-order valence-electron chi connectivity index (χ4n) is 5.95. The molecular formula is C32H42N8O15. The van der Waals surface area contributed by atoms with E-state index in [9.17, 15) is 59.2 Å². The van der Waals surface area contributed by atoms with Gasteiger partial charge in [0.05, 0.1) is 48.5 Å². The van der Waals surface area contributed by atoms with E-state index in [1.165, 1.54) is 24.6 Å². The Labute approximate surface area is 312 Å². The van der Waals surface area contributed by atoms with Crippen LogP contribution in [-0.4, -0.2) is 124 Å². The van der Waals surface area contributed by atoms with Gasteiger partial charge in [0.25, 0.3) is 11.4 Å². The van der Waals surface area contributed by atoms with E-state index in [-0.39, 0.29) is 70.9 Å². The number of nitro benzene ring substituents is 2. The van der Waals surface area contributed by atoms with E-state index in [1.54, 1.807) is 6.20 Å². The number of carbonyl (C=O) groups is 6. The molecule has 1 saturated heterocycles. The average Bonchev–Trinajstić information content (AvgIpc) is 3.59. The number of aromatic nitrogens is 3. The van der Waals surface area contributed by atoms with Gasteiger partial charge >= 0.3 is 23.9 Å². The fourth-order valence-corrected chi connectivity index (χ4v) is 5.95. The molecule has 55 heavy (non-hydrogen) atoms. The van der Waals surface area contributed by atoms with Gasteiger partial charge in [0.2, 0.25) is 11.8 Å². The predicted octanol–water partition coefficient (Wildman–Crippen LogP) is 2.28. The highest BCUT2D eigenvalue weighted by Gasteiger charge is 2.59. The van der Waals surface area contributed by atoms with Crippen LogP contribution >= 0.6 is 0 Å². The molecule has 23 heteroatoms. The van der Waals surface area contributed by atoms with Gasteiger partial charge in [-0.25, -0.2) is 24.2 Å². The molecule has 2 atom stereocenters. The topological polar surface area (TPSA) is 317 Å². The molecule has 1 aliphatic heterocycles. The number of rotatable bonds is 25. The standard InChI is InChI=1S/C32H42N8O15/c1-3-32(4-2)29(47)37(31(49)38(30(32)48)24(28(45)46)10-11-26(41)42)23(27(43)44)7-5-6-13-36-18-20(34-35-36)19-55-16-15-54-14-12-33-22-9-8-21(39(50)51)17-25(22)40(52)53/h8-9,17-18,23-24,33H,3-7,10-16,19H2,1-2H3,(H,41,42)(H,43,44)(H,45,46)/t23?,24-/m0/s1. The predicted molar refractivity (Wildman–Crippen MR) is 184 cm³/mol. The maximum atomic E-state index is 13.7. The van der Waals surface area contributed by atoms with E-state index < -0.39 is 87.3 Å². The summed E-state index contributed by atoms with van der Waals surface area (Å²) in [7, 11) is 0. The number of aryl methyl sites for hydroxylation is 1. The lowest BCUT2D eigenvalue weighted by Gasteiger charge is -2.46. The van der Waals surface area contributed by atoms with Crippen LogP contribution in [0.25, 0.3) is 0 Å². The third kappa shape index (κ3) is 10.7. The quantitative estimate of drug-likeness (QED) is 0.0486. The number of hydrogen-bond donors (Lipinski definition) is 4. The van der Waals surface area contributed by atoms with Crippen molar-refractivity contribution in [1.29, 1.82) is 0 Å². The van der Waals surface area contributed by atoms with Crippen molar-refractivity contribution in [2.45, 2.75) is 84.0 Å². The Kier molecular flexibility index (Phi) is 15.6. The Morgan fingerprint density at radius 2 is 1.51 bits per heavy atom. The fraction of sp³-hybridized carbons (Fsp3) is 0.562. The van der Waals surface area contributed by atoms with Gasteiger partial charge in [-0.05, 0) is 44.6 Å². The third-order valence-electron chi connectivity index (χ3n) is 8.97. The van der Waals surface area contributed by atoms with Gasteiger partial charge in [0.1, 0.15) is 28.9 Å². The van der Waals surface area contributed by atoms with Gasteiger partial charge in [0, 0.05) is 25.6 Å². The molecule has 2 heterocycles. The van der Waals surface area contributed by atoms with Crippen molar-refractivity contribution in [3.05, 3.63) is 50.3 Å². The molecule has 2 aromatic rings. The van der Waals surface area contributed by atoms with Gasteiger partial charge in [-0.2, -0.15) is 0 Å². The van der Waals surface area contributed by atoms with Crippen molar-refractivity contribution in [3.63, 3.8) is 0 Å². The first-order valence-corrected chi connectivity index (χ1v) is 17.2. The molecule has 1 aliphatic rings. The number of nitrogens with zero attached hydrogens (tertiary/aromatic N) is 7. The number of nitrogens with one attached hydrogen (secondary N) is 1. The Bertz CT molecular complexity index is 1760. The lowest BCUT2D eigenvalue weighted by Crippen LogP contribution is -2.70. The second-order valence-electron chi connectivity index (χ2n) is 12.3. The number of carbonyl (C=O) groups excluding carboxylic acids is 3. The van der Waals surface area contributed by atoms with Crippen molar-refractivity contribution in [1.82, 2.24) is 24.8 Å². The lowest BCUT2D eigenvalue weighted by molar-refractivity contribution is -0.393. The minimum absolute atomic E-state index is 0.0759. The van der Waals surface area contributed by atoms with Gasteiger partial charge in [-0.15, -0.1) is 5.10 Å². The smallest absolute Gasteiger partial charge is 0.335 e. The number of benzene rings is 1. The molecular weight excluding hydrogens is 736 g/mol. The van der Waals surface area contributed by atoms with Crippen LogP contribution in [0.15, 0.2) is 24.4 Å². The van der Waals surface area contributed by atoms with E-state index in [4.69, 9.17) is 14.6 Å². The maximum Gasteiger partial charge on any atom is 0.335 e. The molecule has 0 bridgehead atoms. The van der Waals surface area contributed by atoms with E-state index >= 15 is 0 Å². The molecule has 4 amide bonds. The number of anilines is 1. The second kappa shape index (κ2) is 19.8. The highest BCUT2D eigenvalue weighted by molar-refractivity contribution is 6.21. The lowest BCUT2D eigenvalue weighted by atomic mass is 9.77. The first-order valence-electron chi connectivity index (χ1n) is 17.2. The monoisotopic (exact) mass is 778 g/mol. The number of hydrogen-bond acceptors (Lipinski definition) is 15. The average molecular weight is 779 g/mol. The number of aliphatic carboxylic acids is 3. The summed E-state index contributed by atoms with van der Waals surface area (Å²) < 4.78 is 12.4. The van der Waals surface area contributed by atoms with Crippen LogP contribution < -0.4 is 5.32 Å². The number of amides is 4. The molecule has 1 fully saturated rings. The number of carboxylic acid groups (broad SMARTS) is 3. The Balaban J connectivity index is 1.49. The summed E-state index contributed by atoms with van der Waals surface area (Å²) in [4.78, 5) is 98.0. The number of non-ortho nitro benzene ring substituents is 1. The van der Waals surface area contributed by atoms with Crippen molar-refractivity contribution >= 4 is 52.8 Å². The molecule has 0 spiro atoms. The highest BCUT2D eigenvalue weighted by Crippen LogP contribution is 2.39. The SMILES string of the molecule is CCC1(CC)C(=O)N(C(CCCCn2cc(COCCOCCNc3ccc([N+](=O)[O-])cc3[N+](=O)[O-])nn2)C(=O)O)C(=O)N([C@@H](CCC(=O)O)C(=O)O)C1=O. The zero-order valence-corrected chi connectivity index (χ0v) is 30.0. The van der Waals surface area contributed by atoms with E-state index in [0.29, 0.717) is 21.9 Å². The molecule has 0 aliphatic carbocycles. The van der Waals surface area contributed by atoms with E-state index in [0.717, 1.165) is 12.1 Å². The number of imide groups is 2. The molecule has 1 unspecified atom stereocenters. The highest BCUT2D eigenvalue weighted by atomic mass is 16.6. The summed E-state index contributed by atoms with van der Waals surface area (Å²) in [6.45, 7) is 3.97. The second-order valence-corrected chi connectivity index (χ2v) is 12.3. The summed E-state index contributed by atoms with van der Waals surface area (Å²) in [5.74, 6) is -6.79. The maximum absolute atomic E-state index is 13.7. The van der Waals surface area contributed by atoms with E-state index in [2.05, 4.69) is 15.6 Å². The van der Waals surface area contributed by atoms with Gasteiger partial charge in [0.15, 0.2) is 0 Å².